The van der Waals surface area contributed by atoms with E-state index in [0.29, 0.717) is 0 Å². The molecule has 0 bridgehead atoms. The number of anilines is 1. The van der Waals surface area contributed by atoms with Gasteiger partial charge in [0.15, 0.2) is 5.69 Å². The van der Waals surface area contributed by atoms with E-state index in [-0.39, 0.29) is 42.2 Å². The number of fused-ring (bicyclic) bond motifs is 1. The van der Waals surface area contributed by atoms with Gasteiger partial charge in [-0.05, 0) is 38.8 Å². The summed E-state index contributed by atoms with van der Waals surface area (Å²) in [6.45, 7) is 3.41. The number of rotatable bonds is 5. The molecule has 0 radical (unpaired) electrons. The van der Waals surface area contributed by atoms with Crippen LogP contribution in [0.5, 0.6) is 0 Å². The van der Waals surface area contributed by atoms with Crippen molar-refractivity contribution in [1.82, 2.24) is 15.1 Å². The predicted octanol–water partition coefficient (Wildman–Crippen LogP) is 3.07. The summed E-state index contributed by atoms with van der Waals surface area (Å²) in [6.07, 6.45) is 4.94. The maximum absolute atomic E-state index is 14.8. The molecule has 2 heterocycles. The molecule has 0 saturated heterocycles. The lowest BCUT2D eigenvalue weighted by Crippen LogP contribution is -2.65. The largest absolute Gasteiger partial charge is 0.461 e. The molecule has 1 fully saturated rings. The van der Waals surface area contributed by atoms with Crippen LogP contribution in [0.3, 0.4) is 0 Å². The summed E-state index contributed by atoms with van der Waals surface area (Å²) >= 11 is 0. The quantitative estimate of drug-likeness (QED) is 0.719. The first kappa shape index (κ1) is 22.0. The number of ether oxygens (including phenoxy) is 1. The molecule has 9 heteroatoms. The zero-order chi connectivity index (χ0) is 22.9. The number of benzene rings is 1. The van der Waals surface area contributed by atoms with Crippen LogP contribution in [0.4, 0.5) is 10.1 Å². The minimum atomic E-state index is -1.44. The first-order valence-corrected chi connectivity index (χ1v) is 11.0. The number of hydrogen-bond acceptors (Lipinski definition) is 5. The molecule has 0 spiro atoms. The van der Waals surface area contributed by atoms with Crippen molar-refractivity contribution in [2.45, 2.75) is 64.1 Å². The molecule has 1 aromatic heterocycles. The van der Waals surface area contributed by atoms with Gasteiger partial charge in [-0.2, -0.15) is 5.10 Å². The van der Waals surface area contributed by atoms with Gasteiger partial charge in [0.1, 0.15) is 17.1 Å². The van der Waals surface area contributed by atoms with Gasteiger partial charge in [-0.25, -0.2) is 9.18 Å². The number of halogens is 1. The molecular formula is C23H27FN4O4. The van der Waals surface area contributed by atoms with Gasteiger partial charge in [0.25, 0.3) is 5.91 Å². The van der Waals surface area contributed by atoms with E-state index < -0.39 is 23.2 Å². The van der Waals surface area contributed by atoms with E-state index in [2.05, 4.69) is 10.4 Å². The lowest BCUT2D eigenvalue weighted by Gasteiger charge is -2.44. The summed E-state index contributed by atoms with van der Waals surface area (Å²) in [4.78, 5) is 40.4. The summed E-state index contributed by atoms with van der Waals surface area (Å²) in [5.41, 5.74) is -1.37. The Morgan fingerprint density at radius 2 is 1.97 bits per heavy atom. The van der Waals surface area contributed by atoms with Gasteiger partial charge in [-0.3, -0.25) is 19.2 Å². The number of esters is 1. The summed E-state index contributed by atoms with van der Waals surface area (Å²) in [5.74, 6) is -2.25. The number of hydrogen-bond donors (Lipinski definition) is 1. The summed E-state index contributed by atoms with van der Waals surface area (Å²) in [7, 11) is 0. The minimum absolute atomic E-state index is 0.00364. The monoisotopic (exact) mass is 442 g/mol. The molecule has 2 aromatic rings. The van der Waals surface area contributed by atoms with E-state index >= 15 is 0 Å². The Labute approximate surface area is 185 Å². The Morgan fingerprint density at radius 1 is 1.25 bits per heavy atom. The SMILES string of the molecule is CCOC(=O)c1cc2n(n1)C[C@@](C)(C(=O)NC1CCCCC1)N(c1ccccc1F)C2=O. The van der Waals surface area contributed by atoms with Crippen LogP contribution in [0.25, 0.3) is 0 Å². The lowest BCUT2D eigenvalue weighted by atomic mass is 9.91. The fraction of sp³-hybridized carbons (Fsp3) is 0.478. The highest BCUT2D eigenvalue weighted by Gasteiger charge is 2.50. The number of nitrogens with zero attached hydrogens (tertiary/aromatic N) is 3. The fourth-order valence-electron chi connectivity index (χ4n) is 4.48. The maximum Gasteiger partial charge on any atom is 0.358 e. The first-order chi connectivity index (χ1) is 15.3. The number of amides is 2. The van der Waals surface area contributed by atoms with E-state index in [9.17, 15) is 18.8 Å². The van der Waals surface area contributed by atoms with E-state index in [1.165, 1.54) is 33.8 Å². The Kier molecular flexibility index (Phi) is 5.99. The number of para-hydroxylation sites is 1. The van der Waals surface area contributed by atoms with Crippen LogP contribution in [-0.2, 0) is 16.1 Å². The van der Waals surface area contributed by atoms with Gasteiger partial charge in [0, 0.05) is 12.1 Å². The predicted molar refractivity (Wildman–Crippen MR) is 115 cm³/mol. The van der Waals surface area contributed by atoms with Crippen molar-refractivity contribution in [1.29, 1.82) is 0 Å². The topological polar surface area (TPSA) is 93.5 Å². The van der Waals surface area contributed by atoms with Crippen LogP contribution in [0.1, 0.15) is 66.9 Å². The average molecular weight is 442 g/mol. The van der Waals surface area contributed by atoms with Gasteiger partial charge in [0.05, 0.1) is 18.8 Å². The minimum Gasteiger partial charge on any atom is -0.461 e. The van der Waals surface area contributed by atoms with Crippen molar-refractivity contribution in [3.8, 4) is 0 Å². The van der Waals surface area contributed by atoms with E-state index in [1.807, 2.05) is 0 Å². The van der Waals surface area contributed by atoms with Crippen LogP contribution in [0, 0.1) is 5.82 Å². The first-order valence-electron chi connectivity index (χ1n) is 11.0. The second-order valence-electron chi connectivity index (χ2n) is 8.47. The normalized spacial score (nSPS) is 21.2. The van der Waals surface area contributed by atoms with Crippen molar-refractivity contribution in [2.24, 2.45) is 0 Å². The van der Waals surface area contributed by atoms with Crippen molar-refractivity contribution in [3.05, 3.63) is 47.5 Å². The number of nitrogens with one attached hydrogen (secondary N) is 1. The maximum atomic E-state index is 14.8. The highest BCUT2D eigenvalue weighted by Crippen LogP contribution is 2.34. The highest BCUT2D eigenvalue weighted by atomic mass is 19.1. The fourth-order valence-corrected chi connectivity index (χ4v) is 4.48. The Hall–Kier alpha value is -3.23. The van der Waals surface area contributed by atoms with E-state index in [4.69, 9.17) is 4.74 Å². The zero-order valence-electron chi connectivity index (χ0n) is 18.3. The zero-order valence-corrected chi connectivity index (χ0v) is 18.3. The van der Waals surface area contributed by atoms with Gasteiger partial charge >= 0.3 is 5.97 Å². The molecular weight excluding hydrogens is 415 g/mol. The van der Waals surface area contributed by atoms with Crippen LogP contribution < -0.4 is 10.2 Å². The second-order valence-corrected chi connectivity index (χ2v) is 8.47. The smallest absolute Gasteiger partial charge is 0.358 e. The van der Waals surface area contributed by atoms with Crippen molar-refractivity contribution in [3.63, 3.8) is 0 Å². The Balaban J connectivity index is 1.75. The molecule has 0 unspecified atom stereocenters. The van der Waals surface area contributed by atoms with Gasteiger partial charge in [0.2, 0.25) is 5.91 Å². The van der Waals surface area contributed by atoms with Crippen molar-refractivity contribution >= 4 is 23.5 Å². The Bertz CT molecular complexity index is 1050. The number of carbonyl (C=O) groups excluding carboxylic acids is 3. The van der Waals surface area contributed by atoms with Crippen molar-refractivity contribution < 1.29 is 23.5 Å². The number of carbonyl (C=O) groups is 3. The molecule has 2 amide bonds. The summed E-state index contributed by atoms with van der Waals surface area (Å²) < 4.78 is 21.1. The summed E-state index contributed by atoms with van der Waals surface area (Å²) in [5, 5.41) is 7.28. The van der Waals surface area contributed by atoms with Crippen LogP contribution >= 0.6 is 0 Å². The van der Waals surface area contributed by atoms with E-state index in [0.717, 1.165) is 32.1 Å². The molecule has 32 heavy (non-hydrogen) atoms. The van der Waals surface area contributed by atoms with Crippen LogP contribution in [0.15, 0.2) is 30.3 Å². The van der Waals surface area contributed by atoms with Crippen LogP contribution in [-0.4, -0.2) is 45.8 Å². The molecule has 4 rings (SSSR count). The molecule has 2 aliphatic rings. The van der Waals surface area contributed by atoms with E-state index in [1.54, 1.807) is 19.9 Å². The molecule has 8 nitrogen and oxygen atoms in total. The van der Waals surface area contributed by atoms with Gasteiger partial charge in [-0.1, -0.05) is 31.4 Å². The third-order valence-corrected chi connectivity index (χ3v) is 6.16. The van der Waals surface area contributed by atoms with Crippen molar-refractivity contribution in [2.75, 3.05) is 11.5 Å². The third kappa shape index (κ3) is 3.87. The molecule has 1 aromatic carbocycles. The molecule has 170 valence electrons. The molecule has 1 N–H and O–H groups in total. The van der Waals surface area contributed by atoms with Crippen LogP contribution in [0.2, 0.25) is 0 Å². The highest BCUT2D eigenvalue weighted by molar-refractivity contribution is 6.12. The molecule has 1 atom stereocenters. The standard InChI is InChI=1S/C23H27FN4O4/c1-3-32-21(30)17-13-19-20(29)28(18-12-8-7-11-16(18)24)23(2,14-27(19)26-17)22(31)25-15-9-5-4-6-10-15/h7-8,11-13,15H,3-6,9-10,14H2,1-2H3,(H,25,31)/t23-/m0/s1. The van der Waals surface area contributed by atoms with Gasteiger partial charge in [-0.15, -0.1) is 0 Å². The molecule has 1 saturated carbocycles. The Morgan fingerprint density at radius 3 is 2.66 bits per heavy atom. The second kappa shape index (κ2) is 8.72. The average Bonchev–Trinajstić information content (AvgIpc) is 3.20. The lowest BCUT2D eigenvalue weighted by molar-refractivity contribution is -0.127. The summed E-state index contributed by atoms with van der Waals surface area (Å²) in [6, 6.07) is 7.19. The molecule has 1 aliphatic carbocycles. The molecule has 1 aliphatic heterocycles. The number of aromatic nitrogens is 2. The third-order valence-electron chi connectivity index (χ3n) is 6.16. The van der Waals surface area contributed by atoms with Gasteiger partial charge < -0.3 is 10.1 Å².